The van der Waals surface area contributed by atoms with Crippen LogP contribution in [-0.2, 0) is 14.3 Å². The molecule has 1 aliphatic heterocycles. The van der Waals surface area contributed by atoms with Crippen LogP contribution in [0.25, 0.3) is 0 Å². The molecule has 38 heavy (non-hydrogen) atoms. The second-order valence-corrected chi connectivity index (χ2v) is 9.81. The van der Waals surface area contributed by atoms with Crippen molar-refractivity contribution in [1.82, 2.24) is 5.32 Å². The van der Waals surface area contributed by atoms with Crippen molar-refractivity contribution in [3.63, 3.8) is 0 Å². The monoisotopic (exact) mass is 509 g/mol. The number of carbonyl (C=O) groups excluding carboxylic acids is 2. The maximum atomic E-state index is 13.8. The van der Waals surface area contributed by atoms with E-state index in [4.69, 9.17) is 9.47 Å². The molecule has 0 bridgehead atoms. The molecule has 3 aromatic rings. The van der Waals surface area contributed by atoms with Crippen molar-refractivity contribution in [1.29, 1.82) is 0 Å². The lowest BCUT2D eigenvalue weighted by Crippen LogP contribution is -2.36. The Morgan fingerprint density at radius 2 is 1.74 bits per heavy atom. The number of hydrogen-bond acceptors (Lipinski definition) is 6. The Morgan fingerprint density at radius 3 is 2.47 bits per heavy atom. The summed E-state index contributed by atoms with van der Waals surface area (Å²) in [7, 11) is 1.63. The SMILES string of the molecule is COc1ccccc1[C@H]1CC(=O)C2=C(C1)NC(C)=C(C(=O)O[C@@H](C)c1ccccc1)[C@H]2c1cccc(O)c1. The first-order valence-corrected chi connectivity index (χ1v) is 12.8. The van der Waals surface area contributed by atoms with E-state index < -0.39 is 18.0 Å². The van der Waals surface area contributed by atoms with Gasteiger partial charge < -0.3 is 19.9 Å². The maximum absolute atomic E-state index is 13.8. The number of carbonyl (C=O) groups is 2. The van der Waals surface area contributed by atoms with Crippen molar-refractivity contribution in [2.24, 2.45) is 0 Å². The van der Waals surface area contributed by atoms with E-state index in [1.165, 1.54) is 0 Å². The van der Waals surface area contributed by atoms with Gasteiger partial charge >= 0.3 is 5.97 Å². The van der Waals surface area contributed by atoms with Gasteiger partial charge in [0.25, 0.3) is 0 Å². The summed E-state index contributed by atoms with van der Waals surface area (Å²) in [6, 6.07) is 24.0. The number of phenolic OH excluding ortho intramolecular Hbond substituents is 1. The quantitative estimate of drug-likeness (QED) is 0.393. The van der Waals surface area contributed by atoms with Gasteiger partial charge in [0, 0.05) is 35.2 Å². The fourth-order valence-corrected chi connectivity index (χ4v) is 5.59. The van der Waals surface area contributed by atoms with E-state index in [2.05, 4.69) is 5.32 Å². The van der Waals surface area contributed by atoms with Crippen molar-refractivity contribution >= 4 is 11.8 Å². The third kappa shape index (κ3) is 4.82. The summed E-state index contributed by atoms with van der Waals surface area (Å²) in [5, 5.41) is 13.7. The Labute approximate surface area is 222 Å². The summed E-state index contributed by atoms with van der Waals surface area (Å²) in [6.07, 6.45) is 0.413. The summed E-state index contributed by atoms with van der Waals surface area (Å²) in [6.45, 7) is 3.66. The van der Waals surface area contributed by atoms with Crippen molar-refractivity contribution in [2.45, 2.75) is 44.6 Å². The molecule has 0 fully saturated rings. The van der Waals surface area contributed by atoms with E-state index in [0.717, 1.165) is 22.6 Å². The predicted octanol–water partition coefficient (Wildman–Crippen LogP) is 6.07. The Morgan fingerprint density at radius 1 is 1.00 bits per heavy atom. The topological polar surface area (TPSA) is 84.9 Å². The van der Waals surface area contributed by atoms with Gasteiger partial charge in [-0.1, -0.05) is 60.7 Å². The van der Waals surface area contributed by atoms with Gasteiger partial charge in [0.2, 0.25) is 0 Å². The van der Waals surface area contributed by atoms with Crippen LogP contribution < -0.4 is 10.1 Å². The third-order valence-electron chi connectivity index (χ3n) is 7.38. The van der Waals surface area contributed by atoms with Crippen molar-refractivity contribution in [3.05, 3.63) is 118 Å². The number of hydrogen-bond donors (Lipinski definition) is 2. The number of para-hydroxylation sites is 1. The zero-order chi connectivity index (χ0) is 26.8. The molecule has 0 saturated heterocycles. The first-order valence-electron chi connectivity index (χ1n) is 12.8. The van der Waals surface area contributed by atoms with Crippen molar-refractivity contribution in [3.8, 4) is 11.5 Å². The molecule has 2 N–H and O–H groups in total. The molecule has 1 aliphatic carbocycles. The normalized spacial score (nSPS) is 19.9. The van der Waals surface area contributed by atoms with E-state index >= 15 is 0 Å². The van der Waals surface area contributed by atoms with Crippen LogP contribution in [0.1, 0.15) is 61.3 Å². The van der Waals surface area contributed by atoms with Crippen LogP contribution in [0, 0.1) is 0 Å². The summed E-state index contributed by atoms with van der Waals surface area (Å²) >= 11 is 0. The summed E-state index contributed by atoms with van der Waals surface area (Å²) < 4.78 is 11.5. The molecule has 194 valence electrons. The maximum Gasteiger partial charge on any atom is 0.337 e. The summed E-state index contributed by atoms with van der Waals surface area (Å²) in [4.78, 5) is 27.5. The number of Topliss-reactive ketones (excluding diaryl/α,β-unsaturated/α-hetero) is 1. The second-order valence-electron chi connectivity index (χ2n) is 9.81. The average molecular weight is 510 g/mol. The lowest BCUT2D eigenvalue weighted by Gasteiger charge is -2.37. The molecule has 6 heteroatoms. The van der Waals surface area contributed by atoms with Crippen molar-refractivity contribution < 1.29 is 24.2 Å². The predicted molar refractivity (Wildman–Crippen MR) is 145 cm³/mol. The molecule has 0 aromatic heterocycles. The molecule has 3 atom stereocenters. The van der Waals surface area contributed by atoms with Gasteiger partial charge in [-0.2, -0.15) is 0 Å². The number of ether oxygens (including phenoxy) is 2. The van der Waals surface area contributed by atoms with Crippen LogP contribution in [0.15, 0.2) is 101 Å². The molecule has 1 heterocycles. The Balaban J connectivity index is 1.54. The van der Waals surface area contributed by atoms with Crippen molar-refractivity contribution in [2.75, 3.05) is 7.11 Å². The Kier molecular flexibility index (Phi) is 7.05. The molecule has 6 nitrogen and oxygen atoms in total. The number of ketones is 1. The number of phenols is 1. The number of allylic oxidation sites excluding steroid dienone is 3. The van der Waals surface area contributed by atoms with E-state index in [0.29, 0.717) is 28.8 Å². The van der Waals surface area contributed by atoms with Gasteiger partial charge in [0.1, 0.15) is 17.6 Å². The largest absolute Gasteiger partial charge is 0.508 e. The van der Waals surface area contributed by atoms with Gasteiger partial charge in [0.15, 0.2) is 5.78 Å². The molecular weight excluding hydrogens is 478 g/mol. The number of benzene rings is 3. The smallest absolute Gasteiger partial charge is 0.337 e. The van der Waals surface area contributed by atoms with Gasteiger partial charge in [-0.05, 0) is 55.2 Å². The van der Waals surface area contributed by atoms with Crippen LogP contribution in [-0.4, -0.2) is 24.0 Å². The van der Waals surface area contributed by atoms with Crippen LogP contribution >= 0.6 is 0 Å². The summed E-state index contributed by atoms with van der Waals surface area (Å²) in [5.74, 6) is -0.431. The molecular formula is C32H31NO5. The standard InChI is InChI=1S/C32H31NO5/c1-19-29(32(36)38-20(2)21-10-5-4-6-11-21)30(22-12-9-13-24(34)16-22)31-26(33-19)17-23(18-27(31)35)25-14-7-8-15-28(25)37-3/h4-16,20,23,30,33-34H,17-18H2,1-3H3/t20-,23+,30+/m0/s1. The second kappa shape index (κ2) is 10.6. The van der Waals surface area contributed by atoms with Gasteiger partial charge in [0.05, 0.1) is 12.7 Å². The minimum atomic E-state index is -0.653. The first kappa shape index (κ1) is 25.3. The lowest BCUT2D eigenvalue weighted by molar-refractivity contribution is -0.144. The number of dihydropyridines is 1. The Bertz CT molecular complexity index is 1440. The molecule has 2 aliphatic rings. The van der Waals surface area contributed by atoms with E-state index in [1.54, 1.807) is 25.3 Å². The van der Waals surface area contributed by atoms with Gasteiger partial charge in [-0.25, -0.2) is 4.79 Å². The average Bonchev–Trinajstić information content (AvgIpc) is 2.92. The molecule has 5 rings (SSSR count). The zero-order valence-electron chi connectivity index (χ0n) is 21.7. The number of esters is 1. The number of methoxy groups -OCH3 is 1. The van der Waals surface area contributed by atoms with E-state index in [1.807, 2.05) is 74.5 Å². The van der Waals surface area contributed by atoms with Crippen LogP contribution in [0.4, 0.5) is 0 Å². The van der Waals surface area contributed by atoms with E-state index in [-0.39, 0.29) is 23.9 Å². The third-order valence-corrected chi connectivity index (χ3v) is 7.38. The van der Waals surface area contributed by atoms with Gasteiger partial charge in [-0.3, -0.25) is 4.79 Å². The minimum Gasteiger partial charge on any atom is -0.508 e. The van der Waals surface area contributed by atoms with Crippen LogP contribution in [0.2, 0.25) is 0 Å². The van der Waals surface area contributed by atoms with Gasteiger partial charge in [-0.15, -0.1) is 0 Å². The highest BCUT2D eigenvalue weighted by molar-refractivity contribution is 6.04. The fraction of sp³-hybridized carbons (Fsp3) is 0.250. The molecule has 0 radical (unpaired) electrons. The molecule has 0 unspecified atom stereocenters. The highest BCUT2D eigenvalue weighted by atomic mass is 16.5. The van der Waals surface area contributed by atoms with Crippen LogP contribution in [0.3, 0.4) is 0 Å². The summed E-state index contributed by atoms with van der Waals surface area (Å²) in [5.41, 5.74) is 4.88. The minimum absolute atomic E-state index is 0.0445. The Hall–Kier alpha value is -4.32. The highest BCUT2D eigenvalue weighted by Gasteiger charge is 2.42. The zero-order valence-corrected chi connectivity index (χ0v) is 21.7. The lowest BCUT2D eigenvalue weighted by atomic mass is 9.71. The van der Waals surface area contributed by atoms with Crippen LogP contribution in [0.5, 0.6) is 11.5 Å². The number of nitrogens with one attached hydrogen (secondary N) is 1. The molecule has 0 amide bonds. The fourth-order valence-electron chi connectivity index (χ4n) is 5.59. The number of rotatable bonds is 6. The number of aromatic hydroxyl groups is 1. The molecule has 0 saturated carbocycles. The molecule has 0 spiro atoms. The molecule has 3 aromatic carbocycles. The highest BCUT2D eigenvalue weighted by Crippen LogP contribution is 2.47. The van der Waals surface area contributed by atoms with E-state index in [9.17, 15) is 14.7 Å². The first-order chi connectivity index (χ1) is 18.4.